The molecule has 0 aliphatic carbocycles. The van der Waals surface area contributed by atoms with E-state index >= 15 is 0 Å². The van der Waals surface area contributed by atoms with Crippen molar-refractivity contribution in [3.05, 3.63) is 66.0 Å². The van der Waals surface area contributed by atoms with Crippen LogP contribution in [0.2, 0.25) is 0 Å². The van der Waals surface area contributed by atoms with Gasteiger partial charge < -0.3 is 14.5 Å². The van der Waals surface area contributed by atoms with Gasteiger partial charge in [-0.3, -0.25) is 9.69 Å². The van der Waals surface area contributed by atoms with Crippen LogP contribution in [0, 0.1) is 5.82 Å². The molecule has 1 atom stereocenters. The van der Waals surface area contributed by atoms with Crippen molar-refractivity contribution in [1.29, 1.82) is 0 Å². The fourth-order valence-corrected chi connectivity index (χ4v) is 4.09. The number of halogens is 1. The first kappa shape index (κ1) is 20.2. The van der Waals surface area contributed by atoms with Crippen molar-refractivity contribution in [1.82, 2.24) is 9.80 Å². The number of amides is 2. The molecule has 2 fully saturated rings. The molecule has 0 saturated carbocycles. The molecule has 2 aliphatic heterocycles. The van der Waals surface area contributed by atoms with Crippen molar-refractivity contribution < 1.29 is 18.7 Å². The van der Waals surface area contributed by atoms with Crippen LogP contribution in [0.25, 0.3) is 0 Å². The van der Waals surface area contributed by atoms with Gasteiger partial charge in [0.25, 0.3) is 0 Å². The van der Waals surface area contributed by atoms with Gasteiger partial charge in [-0.05, 0) is 42.7 Å². The molecular weight excluding hydrogens is 385 g/mol. The molecule has 2 aromatic rings. The lowest BCUT2D eigenvalue weighted by atomic mass is 10.1. The highest BCUT2D eigenvalue weighted by molar-refractivity contribution is 5.86. The summed E-state index contributed by atoms with van der Waals surface area (Å²) in [6.07, 6.45) is 1.03. The number of anilines is 1. The summed E-state index contributed by atoms with van der Waals surface area (Å²) in [5.41, 5.74) is 1.88. The average Bonchev–Trinajstić information content (AvgIpc) is 3.28. The highest BCUT2D eigenvalue weighted by Gasteiger charge is 2.38. The Labute approximate surface area is 175 Å². The molecular formula is C23H26FN3O3. The predicted octanol–water partition coefficient (Wildman–Crippen LogP) is 3.28. The summed E-state index contributed by atoms with van der Waals surface area (Å²) in [5, 5.41) is 0. The second kappa shape index (κ2) is 9.15. The van der Waals surface area contributed by atoms with Gasteiger partial charge in [0.1, 0.15) is 18.5 Å². The summed E-state index contributed by atoms with van der Waals surface area (Å²) in [6, 6.07) is 15.5. The molecule has 2 heterocycles. The molecule has 0 aromatic heterocycles. The van der Waals surface area contributed by atoms with Gasteiger partial charge in [-0.2, -0.15) is 0 Å². The molecule has 2 amide bonds. The van der Waals surface area contributed by atoms with Crippen molar-refractivity contribution in [2.75, 3.05) is 37.6 Å². The van der Waals surface area contributed by atoms with E-state index in [1.165, 1.54) is 12.1 Å². The standard InChI is InChI=1S/C23H26FN3O3/c24-19-8-10-20(11-9-19)25-13-15-26(16-14-25)22(28)21-7-4-12-27(21)23(29)30-17-18-5-2-1-3-6-18/h1-3,5-6,8-11,21H,4,7,12-17H2. The van der Waals surface area contributed by atoms with E-state index in [2.05, 4.69) is 4.90 Å². The Hall–Kier alpha value is -3.09. The zero-order valence-electron chi connectivity index (χ0n) is 16.9. The van der Waals surface area contributed by atoms with E-state index in [0.29, 0.717) is 39.1 Å². The van der Waals surface area contributed by atoms with Crippen molar-refractivity contribution in [3.63, 3.8) is 0 Å². The monoisotopic (exact) mass is 411 g/mol. The number of rotatable bonds is 4. The van der Waals surface area contributed by atoms with Crippen molar-refractivity contribution in [2.24, 2.45) is 0 Å². The van der Waals surface area contributed by atoms with Gasteiger partial charge in [0.2, 0.25) is 5.91 Å². The first-order valence-corrected chi connectivity index (χ1v) is 10.4. The third kappa shape index (κ3) is 4.56. The lowest BCUT2D eigenvalue weighted by Crippen LogP contribution is -2.54. The Balaban J connectivity index is 1.31. The zero-order chi connectivity index (χ0) is 20.9. The number of hydrogen-bond donors (Lipinski definition) is 0. The Bertz CT molecular complexity index is 867. The van der Waals surface area contributed by atoms with E-state index < -0.39 is 12.1 Å². The number of carbonyl (C=O) groups is 2. The molecule has 2 aliphatic rings. The molecule has 2 saturated heterocycles. The molecule has 0 bridgehead atoms. The van der Waals surface area contributed by atoms with Crippen LogP contribution in [-0.4, -0.2) is 60.6 Å². The Morgan fingerprint density at radius 2 is 1.63 bits per heavy atom. The van der Waals surface area contributed by atoms with E-state index in [1.807, 2.05) is 35.2 Å². The fourth-order valence-electron chi connectivity index (χ4n) is 4.09. The smallest absolute Gasteiger partial charge is 0.410 e. The van der Waals surface area contributed by atoms with Crippen LogP contribution in [0.5, 0.6) is 0 Å². The summed E-state index contributed by atoms with van der Waals surface area (Å²) in [4.78, 5) is 31.2. The number of likely N-dealkylation sites (tertiary alicyclic amines) is 1. The Kier molecular flexibility index (Phi) is 6.16. The maximum atomic E-state index is 13.1. The van der Waals surface area contributed by atoms with Gasteiger partial charge in [0, 0.05) is 38.4 Å². The number of nitrogens with zero attached hydrogens (tertiary/aromatic N) is 3. The van der Waals surface area contributed by atoms with Crippen molar-refractivity contribution in [3.8, 4) is 0 Å². The lowest BCUT2D eigenvalue weighted by molar-refractivity contribution is -0.135. The second-order valence-electron chi connectivity index (χ2n) is 7.68. The zero-order valence-corrected chi connectivity index (χ0v) is 16.9. The normalized spacial score (nSPS) is 19.1. The summed E-state index contributed by atoms with van der Waals surface area (Å²) >= 11 is 0. The molecule has 7 heteroatoms. The molecule has 30 heavy (non-hydrogen) atoms. The van der Waals surface area contributed by atoms with Crippen LogP contribution in [-0.2, 0) is 16.1 Å². The van der Waals surface area contributed by atoms with Crippen LogP contribution < -0.4 is 4.90 Å². The number of hydrogen-bond acceptors (Lipinski definition) is 4. The van der Waals surface area contributed by atoms with Crippen LogP contribution in [0.15, 0.2) is 54.6 Å². The van der Waals surface area contributed by atoms with Crippen molar-refractivity contribution in [2.45, 2.75) is 25.5 Å². The minimum absolute atomic E-state index is 0.0112. The molecule has 1 unspecified atom stereocenters. The van der Waals surface area contributed by atoms with Gasteiger partial charge in [0.15, 0.2) is 0 Å². The van der Waals surface area contributed by atoms with Gasteiger partial charge in [-0.15, -0.1) is 0 Å². The first-order chi connectivity index (χ1) is 14.6. The molecule has 158 valence electrons. The third-order valence-electron chi connectivity index (χ3n) is 5.76. The summed E-state index contributed by atoms with van der Waals surface area (Å²) < 4.78 is 18.6. The third-order valence-corrected chi connectivity index (χ3v) is 5.76. The SMILES string of the molecule is O=C(C1CCCN1C(=O)OCc1ccccc1)N1CCN(c2ccc(F)cc2)CC1. The van der Waals surface area contributed by atoms with E-state index in [-0.39, 0.29) is 18.3 Å². The minimum Gasteiger partial charge on any atom is -0.445 e. The molecule has 0 radical (unpaired) electrons. The number of ether oxygens (including phenoxy) is 1. The number of piperazine rings is 1. The lowest BCUT2D eigenvalue weighted by Gasteiger charge is -2.38. The molecule has 0 N–H and O–H groups in total. The topological polar surface area (TPSA) is 53.1 Å². The predicted molar refractivity (Wildman–Crippen MR) is 112 cm³/mol. The Morgan fingerprint density at radius 1 is 0.933 bits per heavy atom. The van der Waals surface area contributed by atoms with E-state index in [9.17, 15) is 14.0 Å². The highest BCUT2D eigenvalue weighted by atomic mass is 19.1. The Morgan fingerprint density at radius 3 is 2.33 bits per heavy atom. The van der Waals surface area contributed by atoms with E-state index in [1.54, 1.807) is 17.0 Å². The van der Waals surface area contributed by atoms with Crippen LogP contribution in [0.4, 0.5) is 14.9 Å². The van der Waals surface area contributed by atoms with Crippen molar-refractivity contribution >= 4 is 17.7 Å². The average molecular weight is 411 g/mol. The minimum atomic E-state index is -0.453. The second-order valence-corrected chi connectivity index (χ2v) is 7.68. The summed E-state index contributed by atoms with van der Waals surface area (Å²) in [6.45, 7) is 3.28. The van der Waals surface area contributed by atoms with Gasteiger partial charge in [0.05, 0.1) is 0 Å². The quantitative estimate of drug-likeness (QED) is 0.775. The highest BCUT2D eigenvalue weighted by Crippen LogP contribution is 2.23. The fraction of sp³-hybridized carbons (Fsp3) is 0.391. The molecule has 4 rings (SSSR count). The summed E-state index contributed by atoms with van der Waals surface area (Å²) in [7, 11) is 0. The maximum absolute atomic E-state index is 13.1. The van der Waals surface area contributed by atoms with E-state index in [4.69, 9.17) is 4.74 Å². The molecule has 6 nitrogen and oxygen atoms in total. The van der Waals surface area contributed by atoms with Crippen LogP contribution >= 0.6 is 0 Å². The summed E-state index contributed by atoms with van der Waals surface area (Å²) in [5.74, 6) is -0.268. The van der Waals surface area contributed by atoms with Gasteiger partial charge in [-0.1, -0.05) is 30.3 Å². The molecule has 0 spiro atoms. The molecule has 2 aromatic carbocycles. The first-order valence-electron chi connectivity index (χ1n) is 10.4. The van der Waals surface area contributed by atoms with Gasteiger partial charge >= 0.3 is 6.09 Å². The van der Waals surface area contributed by atoms with E-state index in [0.717, 1.165) is 17.7 Å². The van der Waals surface area contributed by atoms with Crippen LogP contribution in [0.3, 0.4) is 0 Å². The number of carbonyl (C=O) groups excluding carboxylic acids is 2. The van der Waals surface area contributed by atoms with Crippen LogP contribution in [0.1, 0.15) is 18.4 Å². The number of benzene rings is 2. The largest absolute Gasteiger partial charge is 0.445 e. The maximum Gasteiger partial charge on any atom is 0.410 e. The van der Waals surface area contributed by atoms with Gasteiger partial charge in [-0.25, -0.2) is 9.18 Å².